The highest BCUT2D eigenvalue weighted by Crippen LogP contribution is 2.09. The molecule has 0 radical (unpaired) electrons. The molecule has 1 amide bonds. The number of ether oxygens (including phenoxy) is 1. The molecule has 0 aliphatic heterocycles. The van der Waals surface area contributed by atoms with E-state index in [1.165, 1.54) is 0 Å². The summed E-state index contributed by atoms with van der Waals surface area (Å²) in [6, 6.07) is 0.163. The number of carboxylic acid groups (broad SMARTS) is 1. The molecule has 1 aliphatic carbocycles. The minimum atomic E-state index is -1.07. The molecule has 2 N–H and O–H groups in total. The van der Waals surface area contributed by atoms with Crippen LogP contribution in [0.15, 0.2) is 12.2 Å². The Morgan fingerprint density at radius 3 is 2.80 bits per heavy atom. The molecule has 0 spiro atoms. The topological polar surface area (TPSA) is 75.6 Å². The van der Waals surface area contributed by atoms with Gasteiger partial charge in [-0.1, -0.05) is 12.2 Å². The minimum absolute atomic E-state index is 0.163. The summed E-state index contributed by atoms with van der Waals surface area (Å²) in [6.45, 7) is -0.621. The molecule has 1 atom stereocenters. The Morgan fingerprint density at radius 1 is 1.40 bits per heavy atom. The lowest BCUT2D eigenvalue weighted by atomic mass is 10.0. The van der Waals surface area contributed by atoms with Gasteiger partial charge in [-0.25, -0.2) is 4.79 Å². The van der Waals surface area contributed by atoms with Crippen LogP contribution in [0.1, 0.15) is 19.3 Å². The molecule has 0 saturated heterocycles. The van der Waals surface area contributed by atoms with Crippen molar-refractivity contribution in [2.24, 2.45) is 0 Å². The van der Waals surface area contributed by atoms with Crippen LogP contribution in [0.2, 0.25) is 0 Å². The molecule has 1 rings (SSSR count). The molecule has 0 aromatic heterocycles. The molecule has 1 aliphatic rings. The third-order valence-electron chi connectivity index (χ3n) is 2.09. The number of carbonyl (C=O) groups excluding carboxylic acids is 1. The van der Waals surface area contributed by atoms with E-state index in [0.717, 1.165) is 19.3 Å². The molecule has 0 aromatic carbocycles. The van der Waals surface area contributed by atoms with Crippen molar-refractivity contribution >= 4 is 11.9 Å². The Labute approximate surface area is 88.1 Å². The van der Waals surface area contributed by atoms with Crippen LogP contribution in [0, 0.1) is 0 Å². The van der Waals surface area contributed by atoms with Gasteiger partial charge in [0, 0.05) is 6.04 Å². The van der Waals surface area contributed by atoms with E-state index in [4.69, 9.17) is 5.11 Å². The van der Waals surface area contributed by atoms with Crippen molar-refractivity contribution in [3.05, 3.63) is 12.2 Å². The lowest BCUT2D eigenvalue weighted by Crippen LogP contribution is -2.37. The van der Waals surface area contributed by atoms with Crippen LogP contribution in [0.5, 0.6) is 0 Å². The first-order valence-corrected chi connectivity index (χ1v) is 4.92. The smallest absolute Gasteiger partial charge is 0.329 e. The number of carbonyl (C=O) groups is 2. The molecule has 0 aromatic rings. The SMILES string of the molecule is O=C(O)COCC(=O)NC1CC=CCC1. The molecule has 0 fully saturated rings. The number of amides is 1. The van der Waals surface area contributed by atoms with Gasteiger partial charge >= 0.3 is 5.97 Å². The second-order valence-corrected chi connectivity index (χ2v) is 3.44. The van der Waals surface area contributed by atoms with Crippen LogP contribution < -0.4 is 5.32 Å². The monoisotopic (exact) mass is 213 g/mol. The molecule has 5 nitrogen and oxygen atoms in total. The number of nitrogens with one attached hydrogen (secondary N) is 1. The predicted octanol–water partition coefficient (Wildman–Crippen LogP) is 0.312. The normalized spacial score (nSPS) is 19.9. The minimum Gasteiger partial charge on any atom is -0.480 e. The highest BCUT2D eigenvalue weighted by atomic mass is 16.5. The summed E-state index contributed by atoms with van der Waals surface area (Å²) in [7, 11) is 0. The van der Waals surface area contributed by atoms with Crippen LogP contribution >= 0.6 is 0 Å². The molecule has 84 valence electrons. The second-order valence-electron chi connectivity index (χ2n) is 3.44. The van der Waals surface area contributed by atoms with Crippen LogP contribution in [0.3, 0.4) is 0 Å². The van der Waals surface area contributed by atoms with E-state index in [9.17, 15) is 9.59 Å². The lowest BCUT2D eigenvalue weighted by molar-refractivity contribution is -0.143. The van der Waals surface area contributed by atoms with E-state index in [1.54, 1.807) is 0 Å². The number of hydrogen-bond acceptors (Lipinski definition) is 3. The maximum Gasteiger partial charge on any atom is 0.329 e. The summed E-state index contributed by atoms with van der Waals surface area (Å²) in [5, 5.41) is 11.1. The summed E-state index contributed by atoms with van der Waals surface area (Å²) in [4.78, 5) is 21.3. The van der Waals surface area contributed by atoms with Gasteiger partial charge in [0.1, 0.15) is 13.2 Å². The average Bonchev–Trinajstić information content (AvgIpc) is 2.18. The Kier molecular flexibility index (Phi) is 4.83. The van der Waals surface area contributed by atoms with E-state index >= 15 is 0 Å². The summed E-state index contributed by atoms with van der Waals surface area (Å²) in [5.41, 5.74) is 0. The van der Waals surface area contributed by atoms with Crippen molar-refractivity contribution in [1.82, 2.24) is 5.32 Å². The largest absolute Gasteiger partial charge is 0.480 e. The van der Waals surface area contributed by atoms with Crippen molar-refractivity contribution in [1.29, 1.82) is 0 Å². The number of hydrogen-bond donors (Lipinski definition) is 2. The zero-order valence-electron chi connectivity index (χ0n) is 8.44. The fraction of sp³-hybridized carbons (Fsp3) is 0.600. The standard InChI is InChI=1S/C10H15NO4/c12-9(6-15-7-10(13)14)11-8-4-2-1-3-5-8/h1-2,8H,3-7H2,(H,11,12)(H,13,14). The third kappa shape index (κ3) is 5.17. The number of aliphatic carboxylic acids is 1. The van der Waals surface area contributed by atoms with E-state index in [0.29, 0.717) is 0 Å². The molecular weight excluding hydrogens is 198 g/mol. The van der Waals surface area contributed by atoms with Crippen molar-refractivity contribution in [2.45, 2.75) is 25.3 Å². The van der Waals surface area contributed by atoms with Crippen LogP contribution in [0.4, 0.5) is 0 Å². The first-order valence-electron chi connectivity index (χ1n) is 4.92. The summed E-state index contributed by atoms with van der Waals surface area (Å²) in [5.74, 6) is -1.32. The molecule has 0 bridgehead atoms. The van der Waals surface area contributed by atoms with Crippen LogP contribution in [0.25, 0.3) is 0 Å². The maximum absolute atomic E-state index is 11.2. The zero-order valence-corrected chi connectivity index (χ0v) is 8.44. The quantitative estimate of drug-likeness (QED) is 0.644. The predicted molar refractivity (Wildman–Crippen MR) is 53.4 cm³/mol. The van der Waals surface area contributed by atoms with E-state index in [2.05, 4.69) is 16.1 Å². The van der Waals surface area contributed by atoms with Gasteiger partial charge in [-0.3, -0.25) is 4.79 Å². The molecule has 0 heterocycles. The van der Waals surface area contributed by atoms with Gasteiger partial charge in [-0.15, -0.1) is 0 Å². The molecule has 1 unspecified atom stereocenters. The van der Waals surface area contributed by atoms with Crippen LogP contribution in [-0.2, 0) is 14.3 Å². The van der Waals surface area contributed by atoms with Gasteiger partial charge in [0.05, 0.1) is 0 Å². The van der Waals surface area contributed by atoms with Gasteiger partial charge in [0.15, 0.2) is 0 Å². The van der Waals surface area contributed by atoms with Crippen molar-refractivity contribution in [2.75, 3.05) is 13.2 Å². The average molecular weight is 213 g/mol. The number of carboxylic acids is 1. The fourth-order valence-electron chi connectivity index (χ4n) is 1.43. The summed E-state index contributed by atoms with van der Waals surface area (Å²) in [6.07, 6.45) is 6.86. The summed E-state index contributed by atoms with van der Waals surface area (Å²) < 4.78 is 4.67. The first kappa shape index (κ1) is 11.7. The van der Waals surface area contributed by atoms with Gasteiger partial charge < -0.3 is 15.2 Å². The molecule has 0 saturated carbocycles. The second kappa shape index (κ2) is 6.19. The van der Waals surface area contributed by atoms with Crippen molar-refractivity contribution < 1.29 is 19.4 Å². The molecule has 15 heavy (non-hydrogen) atoms. The van der Waals surface area contributed by atoms with Gasteiger partial charge in [0.25, 0.3) is 0 Å². The molecule has 5 heteroatoms. The fourth-order valence-corrected chi connectivity index (χ4v) is 1.43. The van der Waals surface area contributed by atoms with Gasteiger partial charge in [0.2, 0.25) is 5.91 Å². The highest BCUT2D eigenvalue weighted by molar-refractivity contribution is 5.78. The third-order valence-corrected chi connectivity index (χ3v) is 2.09. The van der Waals surface area contributed by atoms with Gasteiger partial charge in [-0.2, -0.15) is 0 Å². The van der Waals surface area contributed by atoms with Gasteiger partial charge in [-0.05, 0) is 19.3 Å². The zero-order chi connectivity index (χ0) is 11.1. The Bertz CT molecular complexity index is 262. The summed E-state index contributed by atoms with van der Waals surface area (Å²) >= 11 is 0. The van der Waals surface area contributed by atoms with E-state index < -0.39 is 12.6 Å². The van der Waals surface area contributed by atoms with Crippen LogP contribution in [-0.4, -0.2) is 36.2 Å². The van der Waals surface area contributed by atoms with Crippen molar-refractivity contribution in [3.8, 4) is 0 Å². The lowest BCUT2D eigenvalue weighted by Gasteiger charge is -2.19. The highest BCUT2D eigenvalue weighted by Gasteiger charge is 2.12. The Balaban J connectivity index is 2.12. The number of rotatable bonds is 5. The Morgan fingerprint density at radius 2 is 2.20 bits per heavy atom. The maximum atomic E-state index is 11.2. The van der Waals surface area contributed by atoms with E-state index in [1.807, 2.05) is 6.08 Å². The number of allylic oxidation sites excluding steroid dienone is 1. The van der Waals surface area contributed by atoms with Crippen molar-refractivity contribution in [3.63, 3.8) is 0 Å². The first-order chi connectivity index (χ1) is 7.18. The Hall–Kier alpha value is -1.36. The molecular formula is C10H15NO4. The van der Waals surface area contributed by atoms with E-state index in [-0.39, 0.29) is 18.6 Å².